The number of carbonyl (C=O) groups excluding carboxylic acids is 1. The number of ether oxygens (including phenoxy) is 1. The van der Waals surface area contributed by atoms with E-state index >= 15 is 0 Å². The Morgan fingerprint density at radius 2 is 1.91 bits per heavy atom. The molecule has 1 aliphatic heterocycles. The fourth-order valence-corrected chi connectivity index (χ4v) is 2.47. The molecular weight excluding hydrogens is 292 g/mol. The maximum absolute atomic E-state index is 12.5. The largest absolute Gasteiger partial charge is 0.378 e. The van der Waals surface area contributed by atoms with E-state index in [0.29, 0.717) is 24.9 Å². The van der Waals surface area contributed by atoms with Crippen LogP contribution in [0.25, 0.3) is 0 Å². The second-order valence-electron chi connectivity index (χ2n) is 5.56. The average molecular weight is 312 g/mol. The van der Waals surface area contributed by atoms with E-state index in [1.165, 1.54) is 0 Å². The molecule has 120 valence electrons. The van der Waals surface area contributed by atoms with Gasteiger partial charge in [-0.3, -0.25) is 4.79 Å². The summed E-state index contributed by atoms with van der Waals surface area (Å²) >= 11 is 0. The van der Waals surface area contributed by atoms with E-state index in [1.54, 1.807) is 6.07 Å². The van der Waals surface area contributed by atoms with Gasteiger partial charge in [0, 0.05) is 24.5 Å². The van der Waals surface area contributed by atoms with Crippen molar-refractivity contribution in [3.63, 3.8) is 0 Å². The van der Waals surface area contributed by atoms with Gasteiger partial charge in [0.05, 0.1) is 13.2 Å². The summed E-state index contributed by atoms with van der Waals surface area (Å²) in [5.74, 6) is 0.363. The molecular formula is C17H20N4O2. The van der Waals surface area contributed by atoms with Gasteiger partial charge in [-0.05, 0) is 31.5 Å². The molecule has 0 radical (unpaired) electrons. The molecule has 23 heavy (non-hydrogen) atoms. The molecule has 6 heteroatoms. The Morgan fingerprint density at radius 1 is 1.17 bits per heavy atom. The SMILES string of the molecule is Cc1cc(C(=O)Nc2ccccc2C)nc(N2CCOCC2)n1. The zero-order chi connectivity index (χ0) is 16.2. The van der Waals surface area contributed by atoms with Crippen LogP contribution in [-0.4, -0.2) is 42.2 Å². The molecule has 1 saturated heterocycles. The minimum absolute atomic E-state index is 0.223. The van der Waals surface area contributed by atoms with Gasteiger partial charge in [-0.25, -0.2) is 9.97 Å². The van der Waals surface area contributed by atoms with Crippen molar-refractivity contribution in [3.8, 4) is 0 Å². The lowest BCUT2D eigenvalue weighted by atomic mass is 10.2. The van der Waals surface area contributed by atoms with Crippen molar-refractivity contribution in [1.82, 2.24) is 9.97 Å². The second kappa shape index (κ2) is 6.75. The molecule has 2 aromatic rings. The topological polar surface area (TPSA) is 67.4 Å². The predicted octanol–water partition coefficient (Wildman–Crippen LogP) is 2.18. The monoisotopic (exact) mass is 312 g/mol. The smallest absolute Gasteiger partial charge is 0.274 e. The van der Waals surface area contributed by atoms with Gasteiger partial charge in [0.15, 0.2) is 0 Å². The summed E-state index contributed by atoms with van der Waals surface area (Å²) in [5.41, 5.74) is 2.96. The molecule has 1 fully saturated rings. The average Bonchev–Trinajstić information content (AvgIpc) is 2.57. The van der Waals surface area contributed by atoms with Crippen LogP contribution >= 0.6 is 0 Å². The Balaban J connectivity index is 1.83. The van der Waals surface area contributed by atoms with Crippen molar-refractivity contribution >= 4 is 17.5 Å². The molecule has 2 heterocycles. The lowest BCUT2D eigenvalue weighted by Crippen LogP contribution is -2.37. The van der Waals surface area contributed by atoms with Crippen molar-refractivity contribution in [3.05, 3.63) is 47.3 Å². The lowest BCUT2D eigenvalue weighted by Gasteiger charge is -2.27. The highest BCUT2D eigenvalue weighted by Crippen LogP contribution is 2.16. The maximum Gasteiger partial charge on any atom is 0.274 e. The van der Waals surface area contributed by atoms with Crippen LogP contribution in [0.15, 0.2) is 30.3 Å². The van der Waals surface area contributed by atoms with Gasteiger partial charge >= 0.3 is 0 Å². The van der Waals surface area contributed by atoms with Gasteiger partial charge in [-0.1, -0.05) is 18.2 Å². The van der Waals surface area contributed by atoms with Crippen LogP contribution < -0.4 is 10.2 Å². The van der Waals surface area contributed by atoms with E-state index < -0.39 is 0 Å². The molecule has 0 aliphatic carbocycles. The fraction of sp³-hybridized carbons (Fsp3) is 0.353. The molecule has 1 aromatic carbocycles. The lowest BCUT2D eigenvalue weighted by molar-refractivity contribution is 0.102. The first-order valence-electron chi connectivity index (χ1n) is 7.69. The maximum atomic E-state index is 12.5. The number of aryl methyl sites for hydroxylation is 2. The van der Waals surface area contributed by atoms with E-state index in [1.807, 2.05) is 43.0 Å². The zero-order valence-corrected chi connectivity index (χ0v) is 13.4. The zero-order valence-electron chi connectivity index (χ0n) is 13.4. The van der Waals surface area contributed by atoms with Crippen LogP contribution in [0.2, 0.25) is 0 Å². The van der Waals surface area contributed by atoms with E-state index in [-0.39, 0.29) is 5.91 Å². The number of para-hydroxylation sites is 1. The molecule has 0 spiro atoms. The van der Waals surface area contributed by atoms with E-state index in [4.69, 9.17) is 4.74 Å². The number of benzene rings is 1. The Hall–Kier alpha value is -2.47. The van der Waals surface area contributed by atoms with E-state index in [2.05, 4.69) is 15.3 Å². The minimum Gasteiger partial charge on any atom is -0.378 e. The molecule has 3 rings (SSSR count). The van der Waals surface area contributed by atoms with Crippen molar-refractivity contribution in [2.24, 2.45) is 0 Å². The highest BCUT2D eigenvalue weighted by molar-refractivity contribution is 6.03. The molecule has 1 aliphatic rings. The molecule has 0 bridgehead atoms. The number of anilines is 2. The quantitative estimate of drug-likeness (QED) is 0.941. The van der Waals surface area contributed by atoms with Crippen molar-refractivity contribution < 1.29 is 9.53 Å². The molecule has 0 saturated carbocycles. The summed E-state index contributed by atoms with van der Waals surface area (Å²) in [6.45, 7) is 6.62. The molecule has 1 N–H and O–H groups in total. The van der Waals surface area contributed by atoms with Gasteiger partial charge in [-0.2, -0.15) is 0 Å². The third-order valence-corrected chi connectivity index (χ3v) is 3.76. The summed E-state index contributed by atoms with van der Waals surface area (Å²) in [7, 11) is 0. The molecule has 1 amide bonds. The summed E-state index contributed by atoms with van der Waals surface area (Å²) in [6.07, 6.45) is 0. The van der Waals surface area contributed by atoms with Crippen molar-refractivity contribution in [1.29, 1.82) is 0 Å². The Labute approximate surface area is 135 Å². The van der Waals surface area contributed by atoms with Crippen LogP contribution in [0.5, 0.6) is 0 Å². The molecule has 6 nitrogen and oxygen atoms in total. The third-order valence-electron chi connectivity index (χ3n) is 3.76. The van der Waals surface area contributed by atoms with Crippen LogP contribution in [0.4, 0.5) is 11.6 Å². The van der Waals surface area contributed by atoms with E-state index in [0.717, 1.165) is 30.0 Å². The van der Waals surface area contributed by atoms with Crippen LogP contribution in [0, 0.1) is 13.8 Å². The standard InChI is InChI=1S/C17H20N4O2/c1-12-5-3-4-6-14(12)19-16(22)15-11-13(2)18-17(20-15)21-7-9-23-10-8-21/h3-6,11H,7-10H2,1-2H3,(H,19,22). The molecule has 0 atom stereocenters. The third kappa shape index (κ3) is 3.65. The Kier molecular flexibility index (Phi) is 4.52. The van der Waals surface area contributed by atoms with Gasteiger partial charge in [0.1, 0.15) is 5.69 Å². The predicted molar refractivity (Wildman–Crippen MR) is 88.9 cm³/mol. The molecule has 0 unspecified atom stereocenters. The first kappa shape index (κ1) is 15.4. The van der Waals surface area contributed by atoms with Gasteiger partial charge in [0.2, 0.25) is 5.95 Å². The Bertz CT molecular complexity index is 711. The summed E-state index contributed by atoms with van der Waals surface area (Å²) in [4.78, 5) is 23.4. The van der Waals surface area contributed by atoms with Gasteiger partial charge in [-0.15, -0.1) is 0 Å². The normalized spacial score (nSPS) is 14.6. The Morgan fingerprint density at radius 3 is 2.65 bits per heavy atom. The number of rotatable bonds is 3. The number of amides is 1. The molecule has 1 aromatic heterocycles. The van der Waals surface area contributed by atoms with E-state index in [9.17, 15) is 4.79 Å². The number of nitrogens with one attached hydrogen (secondary N) is 1. The fourth-order valence-electron chi connectivity index (χ4n) is 2.47. The number of hydrogen-bond donors (Lipinski definition) is 1. The number of morpholine rings is 1. The minimum atomic E-state index is -0.223. The highest BCUT2D eigenvalue weighted by atomic mass is 16.5. The van der Waals surface area contributed by atoms with Crippen molar-refractivity contribution in [2.45, 2.75) is 13.8 Å². The first-order chi connectivity index (χ1) is 11.1. The summed E-state index contributed by atoms with van der Waals surface area (Å²) in [5, 5.41) is 2.91. The highest BCUT2D eigenvalue weighted by Gasteiger charge is 2.17. The van der Waals surface area contributed by atoms with Crippen LogP contribution in [-0.2, 0) is 4.74 Å². The number of nitrogens with zero attached hydrogens (tertiary/aromatic N) is 3. The second-order valence-corrected chi connectivity index (χ2v) is 5.56. The summed E-state index contributed by atoms with van der Waals surface area (Å²) in [6, 6.07) is 9.38. The number of carbonyl (C=O) groups is 1. The summed E-state index contributed by atoms with van der Waals surface area (Å²) < 4.78 is 5.34. The van der Waals surface area contributed by atoms with Crippen molar-refractivity contribution in [2.75, 3.05) is 36.5 Å². The first-order valence-corrected chi connectivity index (χ1v) is 7.69. The van der Waals surface area contributed by atoms with Crippen LogP contribution in [0.3, 0.4) is 0 Å². The number of hydrogen-bond acceptors (Lipinski definition) is 5. The van der Waals surface area contributed by atoms with Crippen LogP contribution in [0.1, 0.15) is 21.7 Å². The van der Waals surface area contributed by atoms with Gasteiger partial charge in [0.25, 0.3) is 5.91 Å². The number of aromatic nitrogens is 2. The van der Waals surface area contributed by atoms with Gasteiger partial charge < -0.3 is 15.0 Å².